The number of rotatable bonds is 8. The molecule has 0 spiro atoms. The number of nitrogens with zero attached hydrogens (tertiary/aromatic N) is 1. The Morgan fingerprint density at radius 2 is 2.17 bits per heavy atom. The van der Waals surface area contributed by atoms with Crippen molar-refractivity contribution >= 4 is 0 Å². The predicted molar refractivity (Wildman–Crippen MR) is 75.6 cm³/mol. The summed E-state index contributed by atoms with van der Waals surface area (Å²) in [6.07, 6.45) is 6.68. The van der Waals surface area contributed by atoms with Crippen LogP contribution in [0.1, 0.15) is 58.1 Å². The molecule has 3 heteroatoms. The number of unbranched alkanes of at least 4 members (excludes halogenated alkanes) is 1. The lowest BCUT2D eigenvalue weighted by Crippen LogP contribution is -2.12. The highest BCUT2D eigenvalue weighted by Crippen LogP contribution is 2.17. The van der Waals surface area contributed by atoms with E-state index in [1.807, 2.05) is 19.1 Å². The van der Waals surface area contributed by atoms with E-state index in [0.29, 0.717) is 11.8 Å². The van der Waals surface area contributed by atoms with Crippen molar-refractivity contribution in [3.8, 4) is 5.88 Å². The normalized spacial score (nSPS) is 14.2. The van der Waals surface area contributed by atoms with Crippen molar-refractivity contribution in [2.75, 3.05) is 6.61 Å². The minimum Gasteiger partial charge on any atom is -0.477 e. The highest BCUT2D eigenvalue weighted by Gasteiger charge is 2.08. The maximum Gasteiger partial charge on any atom is 0.213 e. The number of aromatic nitrogens is 1. The highest BCUT2D eigenvalue weighted by molar-refractivity contribution is 5.22. The maximum atomic E-state index is 5.85. The first-order chi connectivity index (χ1) is 8.67. The Hall–Kier alpha value is -1.09. The number of pyridine rings is 1. The fraction of sp³-hybridized carbons (Fsp3) is 0.667. The van der Waals surface area contributed by atoms with Gasteiger partial charge in [-0.25, -0.2) is 4.98 Å². The standard InChI is InChI=1S/C15H26N2O/c1-4-6-7-13(5-2)11-18-15-10-14(12(3)16)8-9-17-15/h8-10,12-13H,4-7,11,16H2,1-3H3/t12-,13?/m1/s1. The molecule has 3 nitrogen and oxygen atoms in total. The minimum absolute atomic E-state index is 0.0254. The van der Waals surface area contributed by atoms with Crippen molar-refractivity contribution in [1.82, 2.24) is 4.98 Å². The second-order valence-corrected chi connectivity index (χ2v) is 4.94. The Morgan fingerprint density at radius 3 is 2.78 bits per heavy atom. The number of hydrogen-bond donors (Lipinski definition) is 1. The smallest absolute Gasteiger partial charge is 0.213 e. The van der Waals surface area contributed by atoms with E-state index < -0.39 is 0 Å². The quantitative estimate of drug-likeness (QED) is 0.765. The van der Waals surface area contributed by atoms with E-state index in [1.54, 1.807) is 6.20 Å². The van der Waals surface area contributed by atoms with Gasteiger partial charge in [0, 0.05) is 18.3 Å². The van der Waals surface area contributed by atoms with Crippen LogP contribution in [0.2, 0.25) is 0 Å². The van der Waals surface area contributed by atoms with E-state index in [4.69, 9.17) is 10.5 Å². The highest BCUT2D eigenvalue weighted by atomic mass is 16.5. The summed E-state index contributed by atoms with van der Waals surface area (Å²) in [6, 6.07) is 3.90. The minimum atomic E-state index is 0.0254. The third-order valence-electron chi connectivity index (χ3n) is 3.29. The molecule has 102 valence electrons. The number of nitrogens with two attached hydrogens (primary N) is 1. The van der Waals surface area contributed by atoms with Gasteiger partial charge in [-0.1, -0.05) is 33.1 Å². The summed E-state index contributed by atoms with van der Waals surface area (Å²) in [5.41, 5.74) is 6.92. The predicted octanol–water partition coefficient (Wildman–Crippen LogP) is 3.70. The molecular formula is C15H26N2O. The molecule has 0 aliphatic carbocycles. The summed E-state index contributed by atoms with van der Waals surface area (Å²) in [4.78, 5) is 4.23. The average Bonchev–Trinajstić information content (AvgIpc) is 2.39. The van der Waals surface area contributed by atoms with Gasteiger partial charge in [-0.05, 0) is 30.9 Å². The SMILES string of the molecule is CCCCC(CC)COc1cc([C@@H](C)N)ccn1. The molecule has 0 aliphatic rings. The molecule has 1 rings (SSSR count). The Morgan fingerprint density at radius 1 is 1.39 bits per heavy atom. The molecule has 1 aromatic heterocycles. The average molecular weight is 250 g/mol. The second kappa shape index (κ2) is 8.09. The van der Waals surface area contributed by atoms with Crippen LogP contribution in [0.5, 0.6) is 5.88 Å². The van der Waals surface area contributed by atoms with E-state index >= 15 is 0 Å². The Labute approximate surface area is 111 Å². The second-order valence-electron chi connectivity index (χ2n) is 4.94. The first kappa shape index (κ1) is 15.0. The molecule has 0 fully saturated rings. The lowest BCUT2D eigenvalue weighted by Gasteiger charge is -2.15. The van der Waals surface area contributed by atoms with Gasteiger partial charge >= 0.3 is 0 Å². The van der Waals surface area contributed by atoms with Crippen molar-refractivity contribution < 1.29 is 4.74 Å². The first-order valence-corrected chi connectivity index (χ1v) is 7.01. The maximum absolute atomic E-state index is 5.85. The van der Waals surface area contributed by atoms with Gasteiger partial charge in [0.05, 0.1) is 6.61 Å². The van der Waals surface area contributed by atoms with Crippen LogP contribution < -0.4 is 10.5 Å². The summed E-state index contributed by atoms with van der Waals surface area (Å²) in [6.45, 7) is 7.16. The van der Waals surface area contributed by atoms with Crippen molar-refractivity contribution in [3.63, 3.8) is 0 Å². The lowest BCUT2D eigenvalue weighted by atomic mass is 10.0. The van der Waals surface area contributed by atoms with Crippen molar-refractivity contribution in [2.24, 2.45) is 11.7 Å². The number of ether oxygens (including phenoxy) is 1. The van der Waals surface area contributed by atoms with Crippen LogP contribution in [0.4, 0.5) is 0 Å². The molecule has 1 heterocycles. The van der Waals surface area contributed by atoms with E-state index in [-0.39, 0.29) is 6.04 Å². The first-order valence-electron chi connectivity index (χ1n) is 7.01. The van der Waals surface area contributed by atoms with Crippen molar-refractivity contribution in [1.29, 1.82) is 0 Å². The summed E-state index contributed by atoms with van der Waals surface area (Å²) in [5.74, 6) is 1.32. The monoisotopic (exact) mass is 250 g/mol. The molecule has 0 aliphatic heterocycles. The van der Waals surface area contributed by atoms with Crippen LogP contribution >= 0.6 is 0 Å². The van der Waals surface area contributed by atoms with Gasteiger partial charge in [-0.2, -0.15) is 0 Å². The van der Waals surface area contributed by atoms with E-state index in [1.165, 1.54) is 19.3 Å². The zero-order chi connectivity index (χ0) is 13.4. The van der Waals surface area contributed by atoms with Crippen LogP contribution in [-0.2, 0) is 0 Å². The molecule has 0 bridgehead atoms. The van der Waals surface area contributed by atoms with E-state index in [2.05, 4.69) is 18.8 Å². The fourth-order valence-electron chi connectivity index (χ4n) is 1.89. The Balaban J connectivity index is 2.48. The molecule has 2 atom stereocenters. The molecule has 0 saturated heterocycles. The zero-order valence-electron chi connectivity index (χ0n) is 11.9. The van der Waals surface area contributed by atoms with Crippen LogP contribution in [-0.4, -0.2) is 11.6 Å². The zero-order valence-corrected chi connectivity index (χ0v) is 11.9. The van der Waals surface area contributed by atoms with Gasteiger partial charge in [0.1, 0.15) is 0 Å². The van der Waals surface area contributed by atoms with Gasteiger partial charge in [-0.15, -0.1) is 0 Å². The Bertz CT molecular complexity index is 339. The van der Waals surface area contributed by atoms with Crippen LogP contribution in [0.15, 0.2) is 18.3 Å². The third-order valence-corrected chi connectivity index (χ3v) is 3.29. The number of hydrogen-bond acceptors (Lipinski definition) is 3. The van der Waals surface area contributed by atoms with Crippen LogP contribution in [0.3, 0.4) is 0 Å². The molecular weight excluding hydrogens is 224 g/mol. The summed E-state index contributed by atoms with van der Waals surface area (Å²) >= 11 is 0. The van der Waals surface area contributed by atoms with Gasteiger partial charge in [0.2, 0.25) is 5.88 Å². The van der Waals surface area contributed by atoms with Gasteiger partial charge < -0.3 is 10.5 Å². The Kier molecular flexibility index (Phi) is 6.73. The van der Waals surface area contributed by atoms with Gasteiger partial charge in [0.25, 0.3) is 0 Å². The third kappa shape index (κ3) is 5.05. The molecule has 0 aromatic carbocycles. The topological polar surface area (TPSA) is 48.1 Å². The van der Waals surface area contributed by atoms with Gasteiger partial charge in [0.15, 0.2) is 0 Å². The van der Waals surface area contributed by atoms with Crippen LogP contribution in [0.25, 0.3) is 0 Å². The van der Waals surface area contributed by atoms with Crippen molar-refractivity contribution in [3.05, 3.63) is 23.9 Å². The van der Waals surface area contributed by atoms with E-state index in [9.17, 15) is 0 Å². The largest absolute Gasteiger partial charge is 0.477 e. The molecule has 1 unspecified atom stereocenters. The van der Waals surface area contributed by atoms with Crippen LogP contribution in [0, 0.1) is 5.92 Å². The van der Waals surface area contributed by atoms with Gasteiger partial charge in [-0.3, -0.25) is 0 Å². The lowest BCUT2D eigenvalue weighted by molar-refractivity contribution is 0.225. The summed E-state index contributed by atoms with van der Waals surface area (Å²) < 4.78 is 5.78. The molecule has 2 N–H and O–H groups in total. The molecule has 18 heavy (non-hydrogen) atoms. The molecule has 0 saturated carbocycles. The summed E-state index contributed by atoms with van der Waals surface area (Å²) in [5, 5.41) is 0. The molecule has 0 radical (unpaired) electrons. The fourth-order valence-corrected chi connectivity index (χ4v) is 1.89. The molecule has 0 amide bonds. The van der Waals surface area contributed by atoms with E-state index in [0.717, 1.165) is 18.6 Å². The van der Waals surface area contributed by atoms with Crippen molar-refractivity contribution in [2.45, 2.75) is 52.5 Å². The summed E-state index contributed by atoms with van der Waals surface area (Å²) in [7, 11) is 0. The molecule has 1 aromatic rings.